The number of aryl methyl sites for hydroxylation is 1. The highest BCUT2D eigenvalue weighted by Crippen LogP contribution is 2.14. The zero-order chi connectivity index (χ0) is 15.8. The molecule has 1 heterocycles. The predicted molar refractivity (Wildman–Crippen MR) is 82.5 cm³/mol. The first-order valence-electron chi connectivity index (χ1n) is 7.40. The zero-order valence-corrected chi connectivity index (χ0v) is 13.3. The Kier molecular flexibility index (Phi) is 7.15. The van der Waals surface area contributed by atoms with Crippen LogP contribution in [-0.2, 0) is 11.3 Å². The van der Waals surface area contributed by atoms with Gasteiger partial charge >= 0.3 is 5.97 Å². The molecule has 0 aromatic carbocycles. The predicted octanol–water partition coefficient (Wildman–Crippen LogP) is 2.77. The van der Waals surface area contributed by atoms with Gasteiger partial charge in [-0.3, -0.25) is 9.78 Å². The molecule has 5 nitrogen and oxygen atoms in total. The van der Waals surface area contributed by atoms with Crippen LogP contribution in [0.15, 0.2) is 12.1 Å². The summed E-state index contributed by atoms with van der Waals surface area (Å²) in [6.07, 6.45) is 2.59. The van der Waals surface area contributed by atoms with E-state index in [1.807, 2.05) is 19.1 Å². The highest BCUT2D eigenvalue weighted by atomic mass is 16.5. The fourth-order valence-corrected chi connectivity index (χ4v) is 2.15. The van der Waals surface area contributed by atoms with Gasteiger partial charge in [-0.1, -0.05) is 13.3 Å². The second-order valence-electron chi connectivity index (χ2n) is 5.59. The van der Waals surface area contributed by atoms with Gasteiger partial charge < -0.3 is 15.2 Å². The number of hydrogen-bond acceptors (Lipinski definition) is 4. The van der Waals surface area contributed by atoms with E-state index in [2.05, 4.69) is 17.2 Å². The van der Waals surface area contributed by atoms with E-state index >= 15 is 0 Å². The molecule has 2 unspecified atom stereocenters. The topological polar surface area (TPSA) is 71.5 Å². The molecule has 0 fully saturated rings. The molecule has 0 aliphatic heterocycles. The minimum absolute atomic E-state index is 0.264. The van der Waals surface area contributed by atoms with Crippen LogP contribution in [0.1, 0.15) is 44.5 Å². The molecule has 0 amide bonds. The first-order chi connectivity index (χ1) is 9.92. The van der Waals surface area contributed by atoms with E-state index in [9.17, 15) is 4.79 Å². The Morgan fingerprint density at radius 1 is 1.38 bits per heavy atom. The van der Waals surface area contributed by atoms with Gasteiger partial charge in [0.2, 0.25) is 0 Å². The van der Waals surface area contributed by atoms with Crippen molar-refractivity contribution in [3.8, 4) is 5.75 Å². The number of carboxylic acids is 1. The molecule has 1 rings (SSSR count). The minimum Gasteiger partial charge on any atom is -0.497 e. The summed E-state index contributed by atoms with van der Waals surface area (Å²) in [6.45, 7) is 6.50. The van der Waals surface area contributed by atoms with Crippen LogP contribution >= 0.6 is 0 Å². The SMILES string of the molecule is COc1cc(C)nc(CNC(C)CCCC(C)C(=O)O)c1. The average molecular weight is 294 g/mol. The maximum atomic E-state index is 10.7. The maximum absolute atomic E-state index is 10.7. The lowest BCUT2D eigenvalue weighted by Gasteiger charge is -2.15. The first-order valence-corrected chi connectivity index (χ1v) is 7.40. The molecule has 5 heteroatoms. The van der Waals surface area contributed by atoms with Gasteiger partial charge in [-0.25, -0.2) is 0 Å². The van der Waals surface area contributed by atoms with Crippen LogP contribution in [0.25, 0.3) is 0 Å². The molecular formula is C16H26N2O3. The summed E-state index contributed by atoms with van der Waals surface area (Å²) in [4.78, 5) is 15.2. The number of nitrogens with zero attached hydrogens (tertiary/aromatic N) is 1. The van der Waals surface area contributed by atoms with E-state index in [0.717, 1.165) is 36.4 Å². The molecule has 0 aliphatic carbocycles. The molecule has 0 saturated carbocycles. The van der Waals surface area contributed by atoms with Crippen molar-refractivity contribution in [2.24, 2.45) is 5.92 Å². The Balaban J connectivity index is 2.34. The Morgan fingerprint density at radius 2 is 2.10 bits per heavy atom. The van der Waals surface area contributed by atoms with Gasteiger partial charge in [0.05, 0.1) is 18.7 Å². The first kappa shape index (κ1) is 17.4. The smallest absolute Gasteiger partial charge is 0.306 e. The van der Waals surface area contributed by atoms with Crippen molar-refractivity contribution in [1.82, 2.24) is 10.3 Å². The van der Waals surface area contributed by atoms with E-state index in [1.165, 1.54) is 0 Å². The van der Waals surface area contributed by atoms with Crippen LogP contribution in [0, 0.1) is 12.8 Å². The van der Waals surface area contributed by atoms with Gasteiger partial charge in [0, 0.05) is 30.4 Å². The number of pyridine rings is 1. The van der Waals surface area contributed by atoms with E-state index in [1.54, 1.807) is 14.0 Å². The third-order valence-corrected chi connectivity index (χ3v) is 3.54. The largest absolute Gasteiger partial charge is 0.497 e. The van der Waals surface area contributed by atoms with E-state index < -0.39 is 5.97 Å². The van der Waals surface area contributed by atoms with Gasteiger partial charge in [-0.2, -0.15) is 0 Å². The van der Waals surface area contributed by atoms with Crippen molar-refractivity contribution in [2.75, 3.05) is 7.11 Å². The van der Waals surface area contributed by atoms with Crippen LogP contribution in [0.5, 0.6) is 5.75 Å². The molecule has 2 atom stereocenters. The van der Waals surface area contributed by atoms with Gasteiger partial charge in [0.1, 0.15) is 5.75 Å². The third-order valence-electron chi connectivity index (χ3n) is 3.54. The quantitative estimate of drug-likeness (QED) is 0.733. The summed E-state index contributed by atoms with van der Waals surface area (Å²) >= 11 is 0. The number of rotatable bonds is 9. The van der Waals surface area contributed by atoms with E-state index in [0.29, 0.717) is 12.6 Å². The third kappa shape index (κ3) is 6.58. The molecule has 0 aliphatic rings. The number of ether oxygens (including phenoxy) is 1. The maximum Gasteiger partial charge on any atom is 0.306 e. The van der Waals surface area contributed by atoms with Crippen LogP contribution < -0.4 is 10.1 Å². The number of carboxylic acid groups (broad SMARTS) is 1. The second-order valence-corrected chi connectivity index (χ2v) is 5.59. The van der Waals surface area contributed by atoms with E-state index in [-0.39, 0.29) is 5.92 Å². The second kappa shape index (κ2) is 8.62. The van der Waals surface area contributed by atoms with Crippen molar-refractivity contribution in [3.63, 3.8) is 0 Å². The molecule has 0 bridgehead atoms. The standard InChI is InChI=1S/C16H26N2O3/c1-11(16(19)20)6-5-7-12(2)17-10-14-9-15(21-4)8-13(3)18-14/h8-9,11-12,17H,5-7,10H2,1-4H3,(H,19,20). The Morgan fingerprint density at radius 3 is 2.71 bits per heavy atom. The Hall–Kier alpha value is -1.62. The molecular weight excluding hydrogens is 268 g/mol. The molecule has 1 aromatic heterocycles. The van der Waals surface area contributed by atoms with Gasteiger partial charge in [-0.05, 0) is 26.7 Å². The van der Waals surface area contributed by atoms with E-state index in [4.69, 9.17) is 9.84 Å². The summed E-state index contributed by atoms with van der Waals surface area (Å²) in [5.74, 6) is -0.159. The monoisotopic (exact) mass is 294 g/mol. The summed E-state index contributed by atoms with van der Waals surface area (Å²) < 4.78 is 5.23. The minimum atomic E-state index is -0.716. The Labute approximate surface area is 126 Å². The molecule has 0 saturated heterocycles. The van der Waals surface area contributed by atoms with Gasteiger partial charge in [0.15, 0.2) is 0 Å². The number of nitrogens with one attached hydrogen (secondary N) is 1. The normalized spacial score (nSPS) is 13.7. The molecule has 1 aromatic rings. The molecule has 118 valence electrons. The van der Waals surface area contributed by atoms with Crippen molar-refractivity contribution >= 4 is 5.97 Å². The Bertz CT molecular complexity index is 463. The van der Waals surface area contributed by atoms with Crippen molar-refractivity contribution < 1.29 is 14.6 Å². The molecule has 2 N–H and O–H groups in total. The number of aromatic nitrogens is 1. The lowest BCUT2D eigenvalue weighted by Crippen LogP contribution is -2.26. The average Bonchev–Trinajstić information content (AvgIpc) is 2.44. The van der Waals surface area contributed by atoms with Crippen molar-refractivity contribution in [3.05, 3.63) is 23.5 Å². The van der Waals surface area contributed by atoms with Crippen LogP contribution in [0.2, 0.25) is 0 Å². The van der Waals surface area contributed by atoms with Crippen molar-refractivity contribution in [2.45, 2.75) is 52.6 Å². The summed E-state index contributed by atoms with van der Waals surface area (Å²) in [5, 5.41) is 12.3. The van der Waals surface area contributed by atoms with Crippen LogP contribution in [0.4, 0.5) is 0 Å². The zero-order valence-electron chi connectivity index (χ0n) is 13.3. The fourth-order valence-electron chi connectivity index (χ4n) is 2.15. The highest BCUT2D eigenvalue weighted by molar-refractivity contribution is 5.69. The van der Waals surface area contributed by atoms with Gasteiger partial charge in [-0.15, -0.1) is 0 Å². The molecule has 21 heavy (non-hydrogen) atoms. The number of methoxy groups -OCH3 is 1. The number of carbonyl (C=O) groups is 1. The lowest BCUT2D eigenvalue weighted by molar-refractivity contribution is -0.141. The summed E-state index contributed by atoms with van der Waals surface area (Å²) in [6, 6.07) is 4.17. The lowest BCUT2D eigenvalue weighted by atomic mass is 10.0. The number of aliphatic carboxylic acids is 1. The highest BCUT2D eigenvalue weighted by Gasteiger charge is 2.11. The van der Waals surface area contributed by atoms with Crippen LogP contribution in [0.3, 0.4) is 0 Å². The molecule has 0 spiro atoms. The molecule has 0 radical (unpaired) electrons. The van der Waals surface area contributed by atoms with Crippen molar-refractivity contribution in [1.29, 1.82) is 0 Å². The fraction of sp³-hybridized carbons (Fsp3) is 0.625. The summed E-state index contributed by atoms with van der Waals surface area (Å²) in [7, 11) is 1.65. The van der Waals surface area contributed by atoms with Crippen LogP contribution in [-0.4, -0.2) is 29.2 Å². The number of hydrogen-bond donors (Lipinski definition) is 2. The van der Waals surface area contributed by atoms with Gasteiger partial charge in [0.25, 0.3) is 0 Å². The summed E-state index contributed by atoms with van der Waals surface area (Å²) in [5.41, 5.74) is 1.90.